The Balaban J connectivity index is 2.28. The number of carbonyl (C=O) groups excluding carboxylic acids is 1. The van der Waals surface area contributed by atoms with Crippen LogP contribution in [-0.2, 0) is 4.74 Å². The Morgan fingerprint density at radius 2 is 2.00 bits per heavy atom. The molecule has 1 aromatic carbocycles. The lowest BCUT2D eigenvalue weighted by atomic mass is 10.1. The molecule has 2 N–H and O–H groups in total. The first-order valence-electron chi connectivity index (χ1n) is 7.65. The van der Waals surface area contributed by atoms with Gasteiger partial charge in [-0.1, -0.05) is 18.2 Å². The highest BCUT2D eigenvalue weighted by atomic mass is 32.1. The minimum Gasteiger partial charge on any atom is -0.465 e. The van der Waals surface area contributed by atoms with Gasteiger partial charge < -0.3 is 10.1 Å². The van der Waals surface area contributed by atoms with Crippen molar-refractivity contribution in [3.63, 3.8) is 0 Å². The number of para-hydroxylation sites is 1. The number of hydrogen-bond acceptors (Lipinski definition) is 5. The smallest absolute Gasteiger partial charge is 0.341 e. The Hall–Kier alpha value is -2.74. The van der Waals surface area contributed by atoms with Gasteiger partial charge in [-0.15, -0.1) is 0 Å². The first-order chi connectivity index (χ1) is 11.8. The van der Waals surface area contributed by atoms with E-state index < -0.39 is 5.97 Å². The minimum absolute atomic E-state index is 0.178. The van der Waals surface area contributed by atoms with E-state index in [1.807, 2.05) is 51.1 Å². The summed E-state index contributed by atoms with van der Waals surface area (Å²) in [5, 5.41) is 11.8. The zero-order chi connectivity index (χ0) is 18.4. The number of hydrazone groups is 1. The van der Waals surface area contributed by atoms with Crippen LogP contribution in [0, 0.1) is 0 Å². The molecular formula is C17H21N5O2S. The van der Waals surface area contributed by atoms with Gasteiger partial charge in [-0.2, -0.15) is 10.2 Å². The molecule has 25 heavy (non-hydrogen) atoms. The van der Waals surface area contributed by atoms with Crippen LogP contribution in [0.15, 0.2) is 41.6 Å². The summed E-state index contributed by atoms with van der Waals surface area (Å²) in [5.41, 5.74) is 4.16. The number of thiocarbonyl (C=S) groups is 1. The van der Waals surface area contributed by atoms with Crippen LogP contribution in [0.25, 0.3) is 5.69 Å². The molecule has 1 heterocycles. The summed E-state index contributed by atoms with van der Waals surface area (Å²) in [6.45, 7) is 5.97. The van der Waals surface area contributed by atoms with Gasteiger partial charge in [-0.3, -0.25) is 5.43 Å². The summed E-state index contributed by atoms with van der Waals surface area (Å²) in [6.07, 6.45) is 2.94. The number of nitrogens with zero attached hydrogens (tertiary/aromatic N) is 3. The Labute approximate surface area is 152 Å². The van der Waals surface area contributed by atoms with Crippen LogP contribution in [-0.4, -0.2) is 39.7 Å². The van der Waals surface area contributed by atoms with E-state index in [9.17, 15) is 4.79 Å². The van der Waals surface area contributed by atoms with E-state index in [-0.39, 0.29) is 5.54 Å². The van der Waals surface area contributed by atoms with Crippen molar-refractivity contribution in [3.05, 3.63) is 47.8 Å². The van der Waals surface area contributed by atoms with E-state index >= 15 is 0 Å². The lowest BCUT2D eigenvalue weighted by Crippen LogP contribution is -2.44. The fourth-order valence-corrected chi connectivity index (χ4v) is 2.40. The molecule has 0 saturated carbocycles. The third-order valence-electron chi connectivity index (χ3n) is 3.05. The highest BCUT2D eigenvalue weighted by Crippen LogP contribution is 2.14. The molecule has 0 radical (unpaired) electrons. The van der Waals surface area contributed by atoms with Crippen LogP contribution >= 0.6 is 12.2 Å². The normalized spacial score (nSPS) is 11.4. The van der Waals surface area contributed by atoms with Crippen molar-refractivity contribution in [2.24, 2.45) is 5.10 Å². The molecule has 0 saturated heterocycles. The second-order valence-corrected chi connectivity index (χ2v) is 6.66. The average molecular weight is 359 g/mol. The maximum absolute atomic E-state index is 12.0. The van der Waals surface area contributed by atoms with Crippen LogP contribution in [0.5, 0.6) is 0 Å². The van der Waals surface area contributed by atoms with Crippen LogP contribution in [0.4, 0.5) is 0 Å². The van der Waals surface area contributed by atoms with Crippen molar-refractivity contribution in [2.45, 2.75) is 26.3 Å². The molecule has 0 atom stereocenters. The summed E-state index contributed by atoms with van der Waals surface area (Å²) in [4.78, 5) is 12.0. The predicted molar refractivity (Wildman–Crippen MR) is 101 cm³/mol. The third kappa shape index (κ3) is 5.12. The standard InChI is InChI=1S/C17H21N5O2S/c1-17(2,3)20-16(25)21-18-11-14-13(15(23)24-4)10-19-22(14)12-8-6-5-7-9-12/h5-11H,1-4H3,(H2,20,21,25)/b18-11+. The summed E-state index contributed by atoms with van der Waals surface area (Å²) < 4.78 is 6.42. The molecule has 0 aliphatic heterocycles. The Morgan fingerprint density at radius 3 is 2.60 bits per heavy atom. The molecule has 0 fully saturated rings. The van der Waals surface area contributed by atoms with Gasteiger partial charge in [0, 0.05) is 5.54 Å². The van der Waals surface area contributed by atoms with Gasteiger partial charge >= 0.3 is 5.97 Å². The molecular weight excluding hydrogens is 338 g/mol. The molecule has 0 aliphatic carbocycles. The van der Waals surface area contributed by atoms with Gasteiger partial charge in [0.1, 0.15) is 11.3 Å². The number of hydrogen-bond donors (Lipinski definition) is 2. The molecule has 0 aliphatic rings. The quantitative estimate of drug-likeness (QED) is 0.377. The topological polar surface area (TPSA) is 80.5 Å². The second kappa shape index (κ2) is 7.89. The lowest BCUT2D eigenvalue weighted by Gasteiger charge is -2.21. The molecule has 7 nitrogen and oxygen atoms in total. The van der Waals surface area contributed by atoms with Crippen molar-refractivity contribution in [3.8, 4) is 5.69 Å². The molecule has 2 aromatic rings. The van der Waals surface area contributed by atoms with Gasteiger partial charge in [-0.05, 0) is 45.1 Å². The van der Waals surface area contributed by atoms with Crippen LogP contribution in [0.2, 0.25) is 0 Å². The summed E-state index contributed by atoms with van der Waals surface area (Å²) in [7, 11) is 1.32. The highest BCUT2D eigenvalue weighted by Gasteiger charge is 2.18. The number of carbonyl (C=O) groups is 1. The molecule has 0 bridgehead atoms. The number of esters is 1. The summed E-state index contributed by atoms with van der Waals surface area (Å²) in [5.74, 6) is -0.487. The Bertz CT molecular complexity index is 778. The van der Waals surface area contributed by atoms with E-state index in [0.29, 0.717) is 16.4 Å². The fraction of sp³-hybridized carbons (Fsp3) is 0.294. The second-order valence-electron chi connectivity index (χ2n) is 6.26. The van der Waals surface area contributed by atoms with Gasteiger partial charge in [0.2, 0.25) is 0 Å². The van der Waals surface area contributed by atoms with E-state index in [1.54, 1.807) is 4.68 Å². The largest absolute Gasteiger partial charge is 0.465 e. The van der Waals surface area contributed by atoms with Crippen molar-refractivity contribution >= 4 is 29.5 Å². The zero-order valence-electron chi connectivity index (χ0n) is 14.6. The first kappa shape index (κ1) is 18.6. The minimum atomic E-state index is -0.487. The maximum atomic E-state index is 12.0. The predicted octanol–water partition coefficient (Wildman–Crippen LogP) is 2.26. The van der Waals surface area contributed by atoms with Crippen LogP contribution in [0.1, 0.15) is 36.8 Å². The third-order valence-corrected chi connectivity index (χ3v) is 3.25. The number of rotatable bonds is 4. The molecule has 1 aromatic heterocycles. The van der Waals surface area contributed by atoms with Crippen LogP contribution in [0.3, 0.4) is 0 Å². The average Bonchev–Trinajstić information content (AvgIpc) is 2.97. The molecule has 8 heteroatoms. The molecule has 0 amide bonds. The molecule has 132 valence electrons. The monoisotopic (exact) mass is 359 g/mol. The number of aromatic nitrogens is 2. The highest BCUT2D eigenvalue weighted by molar-refractivity contribution is 7.80. The van der Waals surface area contributed by atoms with E-state index in [2.05, 4.69) is 20.9 Å². The van der Waals surface area contributed by atoms with Crippen LogP contribution < -0.4 is 10.7 Å². The molecule has 0 spiro atoms. The number of benzene rings is 1. The molecule has 2 rings (SSSR count). The molecule has 0 unspecified atom stereocenters. The van der Waals surface area contributed by atoms with E-state index in [4.69, 9.17) is 17.0 Å². The van der Waals surface area contributed by atoms with E-state index in [1.165, 1.54) is 19.5 Å². The Kier molecular flexibility index (Phi) is 5.87. The SMILES string of the molecule is COC(=O)c1cnn(-c2ccccc2)c1/C=N/NC(=S)NC(C)(C)C. The van der Waals surface area contributed by atoms with Gasteiger partial charge in [0.15, 0.2) is 5.11 Å². The van der Waals surface area contributed by atoms with Crippen molar-refractivity contribution in [1.29, 1.82) is 0 Å². The van der Waals surface area contributed by atoms with Crippen molar-refractivity contribution < 1.29 is 9.53 Å². The lowest BCUT2D eigenvalue weighted by molar-refractivity contribution is 0.0600. The summed E-state index contributed by atoms with van der Waals surface area (Å²) in [6, 6.07) is 9.43. The number of nitrogens with one attached hydrogen (secondary N) is 2. The van der Waals surface area contributed by atoms with Gasteiger partial charge in [0.05, 0.1) is 25.2 Å². The zero-order valence-corrected chi connectivity index (χ0v) is 15.4. The van der Waals surface area contributed by atoms with E-state index in [0.717, 1.165) is 5.69 Å². The van der Waals surface area contributed by atoms with Crippen molar-refractivity contribution in [2.75, 3.05) is 7.11 Å². The Morgan fingerprint density at radius 1 is 1.32 bits per heavy atom. The maximum Gasteiger partial charge on any atom is 0.341 e. The number of ether oxygens (including phenoxy) is 1. The van der Waals surface area contributed by atoms with Crippen molar-refractivity contribution in [1.82, 2.24) is 20.5 Å². The summed E-state index contributed by atoms with van der Waals surface area (Å²) >= 11 is 5.18. The number of methoxy groups -OCH3 is 1. The van der Waals surface area contributed by atoms with Gasteiger partial charge in [-0.25, -0.2) is 9.48 Å². The first-order valence-corrected chi connectivity index (χ1v) is 8.05. The fourth-order valence-electron chi connectivity index (χ4n) is 2.04. The van der Waals surface area contributed by atoms with Gasteiger partial charge in [0.25, 0.3) is 0 Å².